The van der Waals surface area contributed by atoms with E-state index in [-0.39, 0.29) is 5.96 Å². The second kappa shape index (κ2) is 4.07. The lowest BCUT2D eigenvalue weighted by atomic mass is 10.2. The summed E-state index contributed by atoms with van der Waals surface area (Å²) < 4.78 is 0. The van der Waals surface area contributed by atoms with Crippen molar-refractivity contribution in [2.75, 3.05) is 0 Å². The molecule has 0 radical (unpaired) electrons. The van der Waals surface area contributed by atoms with Gasteiger partial charge in [0.05, 0.1) is 6.54 Å². The molecule has 0 aliphatic carbocycles. The molecule has 13 heavy (non-hydrogen) atoms. The second-order valence-electron chi connectivity index (χ2n) is 2.43. The third-order valence-corrected chi connectivity index (χ3v) is 1.50. The SMILES string of the molecule is N#CN(Cc1ccncc1)C(=N)N. The van der Waals surface area contributed by atoms with Gasteiger partial charge < -0.3 is 5.73 Å². The van der Waals surface area contributed by atoms with Gasteiger partial charge in [-0.25, -0.2) is 4.90 Å². The fourth-order valence-corrected chi connectivity index (χ4v) is 0.845. The van der Waals surface area contributed by atoms with Crippen molar-refractivity contribution in [2.45, 2.75) is 6.54 Å². The molecule has 0 saturated heterocycles. The number of pyridine rings is 1. The highest BCUT2D eigenvalue weighted by atomic mass is 15.2. The molecule has 0 bridgehead atoms. The van der Waals surface area contributed by atoms with Gasteiger partial charge in [0, 0.05) is 12.4 Å². The van der Waals surface area contributed by atoms with E-state index in [9.17, 15) is 0 Å². The molecule has 0 amide bonds. The third kappa shape index (κ3) is 2.45. The third-order valence-electron chi connectivity index (χ3n) is 1.50. The average Bonchev–Trinajstić information content (AvgIpc) is 2.15. The number of hydrogen-bond donors (Lipinski definition) is 2. The van der Waals surface area contributed by atoms with Crippen LogP contribution in [-0.4, -0.2) is 15.8 Å². The number of rotatable bonds is 2. The number of nitrogens with one attached hydrogen (secondary N) is 1. The van der Waals surface area contributed by atoms with Crippen molar-refractivity contribution in [3.05, 3.63) is 30.1 Å². The Morgan fingerprint density at radius 2 is 2.23 bits per heavy atom. The number of hydrogen-bond acceptors (Lipinski definition) is 3. The highest BCUT2D eigenvalue weighted by Crippen LogP contribution is 2.00. The van der Waals surface area contributed by atoms with Crippen LogP contribution in [-0.2, 0) is 6.54 Å². The van der Waals surface area contributed by atoms with Crippen molar-refractivity contribution in [3.63, 3.8) is 0 Å². The van der Waals surface area contributed by atoms with E-state index in [1.807, 2.05) is 6.19 Å². The van der Waals surface area contributed by atoms with E-state index in [4.69, 9.17) is 16.4 Å². The maximum absolute atomic E-state index is 8.60. The van der Waals surface area contributed by atoms with Crippen LogP contribution >= 0.6 is 0 Å². The Hall–Kier alpha value is -2.09. The van der Waals surface area contributed by atoms with Gasteiger partial charge in [-0.1, -0.05) is 0 Å². The summed E-state index contributed by atoms with van der Waals surface area (Å²) >= 11 is 0. The summed E-state index contributed by atoms with van der Waals surface area (Å²) in [5.74, 6) is -0.251. The monoisotopic (exact) mass is 175 g/mol. The molecule has 1 aromatic heterocycles. The molecule has 0 atom stereocenters. The zero-order valence-corrected chi connectivity index (χ0v) is 6.94. The quantitative estimate of drug-likeness (QED) is 0.292. The zero-order chi connectivity index (χ0) is 9.68. The topological polar surface area (TPSA) is 89.8 Å². The van der Waals surface area contributed by atoms with E-state index >= 15 is 0 Å². The minimum Gasteiger partial charge on any atom is -0.369 e. The van der Waals surface area contributed by atoms with Gasteiger partial charge in [0.25, 0.3) is 0 Å². The molecule has 0 unspecified atom stereocenters. The average molecular weight is 175 g/mol. The summed E-state index contributed by atoms with van der Waals surface area (Å²) in [7, 11) is 0. The van der Waals surface area contributed by atoms with Crippen molar-refractivity contribution in [1.29, 1.82) is 10.7 Å². The number of guanidine groups is 1. The highest BCUT2D eigenvalue weighted by Gasteiger charge is 2.04. The minimum absolute atomic E-state index is 0.251. The molecular weight excluding hydrogens is 166 g/mol. The fourth-order valence-electron chi connectivity index (χ4n) is 0.845. The molecule has 3 N–H and O–H groups in total. The predicted molar refractivity (Wildman–Crippen MR) is 47.3 cm³/mol. The first kappa shape index (κ1) is 9.00. The highest BCUT2D eigenvalue weighted by molar-refractivity contribution is 5.76. The Morgan fingerprint density at radius 3 is 2.69 bits per heavy atom. The Balaban J connectivity index is 2.69. The van der Waals surface area contributed by atoms with Crippen LogP contribution in [0.4, 0.5) is 0 Å². The standard InChI is InChI=1S/C8H9N5/c9-6-13(8(10)11)5-7-1-3-12-4-2-7/h1-4H,5H2,(H3,10,11). The zero-order valence-electron chi connectivity index (χ0n) is 6.94. The lowest BCUT2D eigenvalue weighted by Gasteiger charge is -2.11. The number of aromatic nitrogens is 1. The Kier molecular flexibility index (Phi) is 2.82. The first-order valence-electron chi connectivity index (χ1n) is 3.64. The molecule has 0 spiro atoms. The van der Waals surface area contributed by atoms with E-state index in [0.717, 1.165) is 10.5 Å². The van der Waals surface area contributed by atoms with Crippen LogP contribution in [0.3, 0.4) is 0 Å². The van der Waals surface area contributed by atoms with Gasteiger partial charge >= 0.3 is 0 Å². The fraction of sp³-hybridized carbons (Fsp3) is 0.125. The van der Waals surface area contributed by atoms with Crippen LogP contribution in [0.15, 0.2) is 24.5 Å². The maximum atomic E-state index is 8.60. The molecule has 1 heterocycles. The first-order valence-corrected chi connectivity index (χ1v) is 3.64. The van der Waals surface area contributed by atoms with E-state index in [2.05, 4.69) is 4.98 Å². The number of nitrogens with two attached hydrogens (primary N) is 1. The van der Waals surface area contributed by atoms with Gasteiger partial charge in [-0.05, 0) is 17.7 Å². The molecule has 0 aliphatic rings. The first-order chi connectivity index (χ1) is 6.24. The summed E-state index contributed by atoms with van der Waals surface area (Å²) in [6.45, 7) is 0.314. The summed E-state index contributed by atoms with van der Waals surface area (Å²) in [5.41, 5.74) is 6.06. The number of nitrogens with zero attached hydrogens (tertiary/aromatic N) is 3. The predicted octanol–water partition coefficient (Wildman–Crippen LogP) is 0.258. The molecule has 66 valence electrons. The molecule has 5 heteroatoms. The summed E-state index contributed by atoms with van der Waals surface area (Å²) in [4.78, 5) is 4.93. The summed E-state index contributed by atoms with van der Waals surface area (Å²) in [6, 6.07) is 3.54. The van der Waals surface area contributed by atoms with Crippen LogP contribution in [0.25, 0.3) is 0 Å². The second-order valence-corrected chi connectivity index (χ2v) is 2.43. The smallest absolute Gasteiger partial charge is 0.202 e. The van der Waals surface area contributed by atoms with Gasteiger partial charge in [0.15, 0.2) is 6.19 Å². The molecular formula is C8H9N5. The molecule has 1 rings (SSSR count). The van der Waals surface area contributed by atoms with Crippen LogP contribution in [0.5, 0.6) is 0 Å². The van der Waals surface area contributed by atoms with Crippen LogP contribution < -0.4 is 5.73 Å². The molecule has 1 aromatic rings. The maximum Gasteiger partial charge on any atom is 0.202 e. The lowest BCUT2D eigenvalue weighted by molar-refractivity contribution is 0.560. The van der Waals surface area contributed by atoms with E-state index < -0.39 is 0 Å². The van der Waals surface area contributed by atoms with Crippen molar-refractivity contribution in [1.82, 2.24) is 9.88 Å². The van der Waals surface area contributed by atoms with Crippen LogP contribution in [0.1, 0.15) is 5.56 Å². The van der Waals surface area contributed by atoms with Crippen LogP contribution in [0.2, 0.25) is 0 Å². The van der Waals surface area contributed by atoms with Gasteiger partial charge in [-0.3, -0.25) is 10.4 Å². The molecule has 0 aromatic carbocycles. The van der Waals surface area contributed by atoms with Gasteiger partial charge in [-0.2, -0.15) is 5.26 Å². The van der Waals surface area contributed by atoms with Crippen molar-refractivity contribution in [3.8, 4) is 6.19 Å². The summed E-state index contributed by atoms with van der Waals surface area (Å²) in [5, 5.41) is 15.7. The molecule has 0 fully saturated rings. The van der Waals surface area contributed by atoms with Gasteiger partial charge in [0.1, 0.15) is 0 Å². The largest absolute Gasteiger partial charge is 0.369 e. The van der Waals surface area contributed by atoms with E-state index in [1.165, 1.54) is 0 Å². The van der Waals surface area contributed by atoms with Crippen molar-refractivity contribution in [2.24, 2.45) is 5.73 Å². The number of nitriles is 1. The van der Waals surface area contributed by atoms with Gasteiger partial charge in [-0.15, -0.1) is 0 Å². The van der Waals surface area contributed by atoms with E-state index in [1.54, 1.807) is 24.5 Å². The molecule has 0 saturated carbocycles. The molecule has 5 nitrogen and oxygen atoms in total. The Morgan fingerprint density at radius 1 is 1.62 bits per heavy atom. The Bertz CT molecular complexity index is 326. The van der Waals surface area contributed by atoms with E-state index in [0.29, 0.717) is 6.54 Å². The lowest BCUT2D eigenvalue weighted by Crippen LogP contribution is -2.31. The molecule has 0 aliphatic heterocycles. The van der Waals surface area contributed by atoms with Crippen LogP contribution in [0, 0.1) is 16.9 Å². The van der Waals surface area contributed by atoms with Crippen molar-refractivity contribution < 1.29 is 0 Å². The Labute approximate surface area is 75.9 Å². The van der Waals surface area contributed by atoms with Gasteiger partial charge in [0.2, 0.25) is 5.96 Å². The van der Waals surface area contributed by atoms with Crippen molar-refractivity contribution >= 4 is 5.96 Å². The summed E-state index contributed by atoms with van der Waals surface area (Å²) in [6.07, 6.45) is 5.07. The minimum atomic E-state index is -0.251. The normalized spacial score (nSPS) is 8.85.